The molecule has 98 valence electrons. The molecule has 1 aliphatic carbocycles. The molecule has 1 nitrogen and oxygen atoms in total. The monoisotopic (exact) mass is 236 g/mol. The van der Waals surface area contributed by atoms with E-state index in [1.165, 1.54) is 5.57 Å². The van der Waals surface area contributed by atoms with Crippen molar-refractivity contribution in [1.29, 1.82) is 0 Å². The summed E-state index contributed by atoms with van der Waals surface area (Å²) in [7, 11) is 0. The number of allylic oxidation sites excluding steroid dienone is 4. The van der Waals surface area contributed by atoms with E-state index in [0.29, 0.717) is 5.76 Å². The van der Waals surface area contributed by atoms with E-state index in [9.17, 15) is 5.11 Å². The Kier molecular flexibility index (Phi) is 3.29. The molecule has 1 unspecified atom stereocenters. The molecular weight excluding hydrogens is 208 g/mol. The lowest BCUT2D eigenvalue weighted by molar-refractivity contribution is 0.0849. The maximum Gasteiger partial charge on any atom is 0.103 e. The fourth-order valence-electron chi connectivity index (χ4n) is 2.50. The summed E-state index contributed by atoms with van der Waals surface area (Å²) in [6.07, 6.45) is 3.12. The van der Waals surface area contributed by atoms with Crippen molar-refractivity contribution in [1.82, 2.24) is 0 Å². The highest BCUT2D eigenvalue weighted by Gasteiger charge is 2.45. The van der Waals surface area contributed by atoms with Crippen LogP contribution in [0.1, 0.15) is 61.8 Å². The van der Waals surface area contributed by atoms with E-state index in [1.807, 2.05) is 0 Å². The maximum atomic E-state index is 10.7. The number of aliphatic hydroxyl groups excluding tert-OH is 1. The molecular formula is C16H28O. The maximum absolute atomic E-state index is 10.7. The zero-order chi connectivity index (χ0) is 13.6. The second kappa shape index (κ2) is 3.90. The van der Waals surface area contributed by atoms with Crippen LogP contribution in [-0.2, 0) is 0 Å². The Morgan fingerprint density at radius 2 is 1.59 bits per heavy atom. The molecule has 0 aliphatic heterocycles. The highest BCUT2D eigenvalue weighted by molar-refractivity contribution is 5.39. The van der Waals surface area contributed by atoms with Crippen LogP contribution in [0.5, 0.6) is 0 Å². The molecule has 0 spiro atoms. The average Bonchev–Trinajstić information content (AvgIpc) is 2.07. The van der Waals surface area contributed by atoms with Crippen molar-refractivity contribution in [3.8, 4) is 0 Å². The lowest BCUT2D eigenvalue weighted by Gasteiger charge is -2.46. The van der Waals surface area contributed by atoms with Crippen LogP contribution in [0.25, 0.3) is 0 Å². The molecule has 0 saturated carbocycles. The van der Waals surface area contributed by atoms with Crippen LogP contribution >= 0.6 is 0 Å². The molecule has 0 heterocycles. The summed E-state index contributed by atoms with van der Waals surface area (Å²) in [5, 5.41) is 10.7. The minimum atomic E-state index is -0.158. The Hall–Kier alpha value is -0.720. The largest absolute Gasteiger partial charge is 0.511 e. The molecule has 1 atom stereocenters. The predicted molar refractivity (Wildman–Crippen MR) is 75.0 cm³/mol. The topological polar surface area (TPSA) is 20.2 Å². The lowest BCUT2D eigenvalue weighted by atomic mass is 9.59. The summed E-state index contributed by atoms with van der Waals surface area (Å²) in [6, 6.07) is 0. The van der Waals surface area contributed by atoms with Gasteiger partial charge in [0.25, 0.3) is 0 Å². The van der Waals surface area contributed by atoms with Crippen molar-refractivity contribution in [3.05, 3.63) is 23.0 Å². The van der Waals surface area contributed by atoms with Crippen molar-refractivity contribution >= 4 is 0 Å². The molecule has 0 bridgehead atoms. The fourth-order valence-corrected chi connectivity index (χ4v) is 2.50. The summed E-state index contributed by atoms with van der Waals surface area (Å²) in [5.74, 6) is 0.586. The third-order valence-electron chi connectivity index (χ3n) is 4.26. The predicted octanol–water partition coefficient (Wildman–Crippen LogP) is 5.25. The molecule has 0 fully saturated rings. The van der Waals surface area contributed by atoms with Gasteiger partial charge in [-0.05, 0) is 29.7 Å². The van der Waals surface area contributed by atoms with Crippen LogP contribution in [0.2, 0.25) is 0 Å². The second-order valence-corrected chi connectivity index (χ2v) is 7.76. The molecule has 0 amide bonds. The van der Waals surface area contributed by atoms with Crippen LogP contribution in [-0.4, -0.2) is 5.11 Å². The molecule has 1 heteroatoms. The first-order valence-corrected chi connectivity index (χ1v) is 6.51. The Bertz CT molecular complexity index is 371. The molecule has 0 radical (unpaired) electrons. The molecule has 0 aromatic rings. The molecule has 1 aliphatic rings. The summed E-state index contributed by atoms with van der Waals surface area (Å²) in [4.78, 5) is 0. The molecule has 1 rings (SSSR count). The Morgan fingerprint density at radius 3 is 1.94 bits per heavy atom. The summed E-state index contributed by atoms with van der Waals surface area (Å²) in [6.45, 7) is 17.5. The van der Waals surface area contributed by atoms with Gasteiger partial charge in [0.15, 0.2) is 0 Å². The highest BCUT2D eigenvalue weighted by Crippen LogP contribution is 2.53. The summed E-state index contributed by atoms with van der Waals surface area (Å²) in [5.41, 5.74) is 2.36. The second-order valence-electron chi connectivity index (χ2n) is 7.76. The highest BCUT2D eigenvalue weighted by atomic mass is 16.3. The first-order chi connectivity index (χ1) is 7.39. The zero-order valence-electron chi connectivity index (χ0n) is 12.7. The first-order valence-electron chi connectivity index (χ1n) is 6.51. The van der Waals surface area contributed by atoms with Gasteiger partial charge in [-0.1, -0.05) is 60.1 Å². The first kappa shape index (κ1) is 14.3. The molecule has 0 saturated heterocycles. The third-order valence-corrected chi connectivity index (χ3v) is 4.26. The number of hydrogen-bond donors (Lipinski definition) is 1. The number of aliphatic hydroxyl groups is 1. The Morgan fingerprint density at radius 1 is 1.12 bits per heavy atom. The Balaban J connectivity index is 3.43. The van der Waals surface area contributed by atoms with Gasteiger partial charge in [0.1, 0.15) is 5.76 Å². The van der Waals surface area contributed by atoms with Crippen LogP contribution < -0.4 is 0 Å². The summed E-state index contributed by atoms with van der Waals surface area (Å²) < 4.78 is 0. The van der Waals surface area contributed by atoms with Crippen LogP contribution in [0.4, 0.5) is 0 Å². The van der Waals surface area contributed by atoms with Gasteiger partial charge in [-0.2, -0.15) is 0 Å². The van der Waals surface area contributed by atoms with Crippen LogP contribution in [0, 0.1) is 16.2 Å². The Labute approximate surface area is 107 Å². The van der Waals surface area contributed by atoms with E-state index < -0.39 is 0 Å². The number of rotatable bonds is 0. The van der Waals surface area contributed by atoms with E-state index in [-0.39, 0.29) is 16.2 Å². The van der Waals surface area contributed by atoms with Gasteiger partial charge in [-0.15, -0.1) is 0 Å². The van der Waals surface area contributed by atoms with E-state index in [2.05, 4.69) is 61.5 Å². The minimum absolute atomic E-state index is 0.00171. The van der Waals surface area contributed by atoms with E-state index in [1.54, 1.807) is 0 Å². The van der Waals surface area contributed by atoms with E-state index in [4.69, 9.17) is 0 Å². The molecule has 0 aromatic heterocycles. The van der Waals surface area contributed by atoms with Gasteiger partial charge >= 0.3 is 0 Å². The standard InChI is InChI=1S/C16H28O/c1-11-9-12(14(2,3)4)13(17)16(8,10-11)15(5,6)7/h9,17H,10H2,1-8H3. The van der Waals surface area contributed by atoms with Gasteiger partial charge in [0.2, 0.25) is 0 Å². The molecule has 0 aromatic carbocycles. The summed E-state index contributed by atoms with van der Waals surface area (Å²) >= 11 is 0. The van der Waals surface area contributed by atoms with E-state index >= 15 is 0 Å². The van der Waals surface area contributed by atoms with Gasteiger partial charge in [-0.25, -0.2) is 0 Å². The number of hydrogen-bond acceptors (Lipinski definition) is 1. The smallest absolute Gasteiger partial charge is 0.103 e. The van der Waals surface area contributed by atoms with Crippen LogP contribution in [0.15, 0.2) is 23.0 Å². The van der Waals surface area contributed by atoms with Crippen molar-refractivity contribution in [2.45, 2.75) is 61.8 Å². The quantitative estimate of drug-likeness (QED) is 0.609. The van der Waals surface area contributed by atoms with Crippen molar-refractivity contribution < 1.29 is 5.11 Å². The fraction of sp³-hybridized carbons (Fsp3) is 0.750. The average molecular weight is 236 g/mol. The normalized spacial score (nSPS) is 27.2. The third kappa shape index (κ3) is 2.43. The van der Waals surface area contributed by atoms with E-state index in [0.717, 1.165) is 12.0 Å². The SMILES string of the molecule is CC1=CC(C(C)(C)C)=C(O)C(C)(C(C)(C)C)C1. The van der Waals surface area contributed by atoms with Gasteiger partial charge in [0, 0.05) is 5.41 Å². The lowest BCUT2D eigenvalue weighted by Crippen LogP contribution is -2.38. The minimum Gasteiger partial charge on any atom is -0.511 e. The molecule has 1 N–H and O–H groups in total. The molecule has 17 heavy (non-hydrogen) atoms. The van der Waals surface area contributed by atoms with Crippen molar-refractivity contribution in [2.75, 3.05) is 0 Å². The van der Waals surface area contributed by atoms with Gasteiger partial charge in [-0.3, -0.25) is 0 Å². The van der Waals surface area contributed by atoms with Crippen LogP contribution in [0.3, 0.4) is 0 Å². The van der Waals surface area contributed by atoms with Gasteiger partial charge in [0.05, 0.1) is 0 Å². The van der Waals surface area contributed by atoms with Crippen molar-refractivity contribution in [3.63, 3.8) is 0 Å². The van der Waals surface area contributed by atoms with Crippen molar-refractivity contribution in [2.24, 2.45) is 16.2 Å². The zero-order valence-corrected chi connectivity index (χ0v) is 12.7. The van der Waals surface area contributed by atoms with Gasteiger partial charge < -0.3 is 5.11 Å².